The number of nitrogens with two attached hydrogens (primary N) is 1. The largest absolute Gasteiger partial charge is 0.397 e. The molecule has 0 atom stereocenters. The van der Waals surface area contributed by atoms with Gasteiger partial charge in [0.1, 0.15) is 16.7 Å². The highest BCUT2D eigenvalue weighted by atomic mass is 35.5. The number of nitrogens with zero attached hydrogens (tertiary/aromatic N) is 3. The molecule has 3 rings (SSSR count). The van der Waals surface area contributed by atoms with Gasteiger partial charge in [-0.1, -0.05) is 11.6 Å². The van der Waals surface area contributed by atoms with Gasteiger partial charge in [-0.05, 0) is 18.2 Å². The molecule has 2 aromatic heterocycles. The van der Waals surface area contributed by atoms with Crippen LogP contribution < -0.4 is 11.1 Å². The van der Waals surface area contributed by atoms with Crippen LogP contribution in [0.5, 0.6) is 0 Å². The van der Waals surface area contributed by atoms with Gasteiger partial charge in [0.25, 0.3) is 5.91 Å². The first-order chi connectivity index (χ1) is 9.56. The van der Waals surface area contributed by atoms with Gasteiger partial charge in [-0.25, -0.2) is 0 Å². The second-order valence-electron chi connectivity index (χ2n) is 4.28. The fraction of sp³-hybridized carbons (Fsp3) is 0.0833. The Kier molecular flexibility index (Phi) is 3.07. The first kappa shape index (κ1) is 12.9. The smallest absolute Gasteiger partial charge is 0.272 e. The van der Waals surface area contributed by atoms with E-state index in [1.54, 1.807) is 36.0 Å². The number of hydrogen-bond donors (Lipinski definition) is 2. The number of anilines is 2. The molecule has 0 saturated heterocycles. The highest BCUT2D eigenvalue weighted by Gasteiger charge is 2.16. The monoisotopic (exact) mass is 307 g/mol. The molecular formula is C12H10ClN5OS. The SMILES string of the molecule is Cn1cc(N)cc1C(=O)Nc1c(Cl)ccc2nsnc12. The number of nitrogens with one attached hydrogen (secondary N) is 1. The quantitative estimate of drug-likeness (QED) is 0.761. The van der Waals surface area contributed by atoms with Gasteiger partial charge in [-0.15, -0.1) is 0 Å². The summed E-state index contributed by atoms with van der Waals surface area (Å²) in [5, 5.41) is 3.18. The summed E-state index contributed by atoms with van der Waals surface area (Å²) in [6, 6.07) is 5.04. The van der Waals surface area contributed by atoms with Crippen LogP contribution in [0.3, 0.4) is 0 Å². The number of aryl methyl sites for hydroxylation is 1. The lowest BCUT2D eigenvalue weighted by molar-refractivity contribution is 0.101. The lowest BCUT2D eigenvalue weighted by Crippen LogP contribution is -2.15. The molecule has 0 radical (unpaired) electrons. The van der Waals surface area contributed by atoms with E-state index in [0.29, 0.717) is 33.1 Å². The minimum absolute atomic E-state index is 0.299. The Morgan fingerprint density at radius 1 is 1.45 bits per heavy atom. The van der Waals surface area contributed by atoms with Crippen molar-refractivity contribution in [2.75, 3.05) is 11.1 Å². The molecule has 3 N–H and O–H groups in total. The van der Waals surface area contributed by atoms with Gasteiger partial charge in [0.15, 0.2) is 0 Å². The zero-order valence-corrected chi connectivity index (χ0v) is 12.0. The van der Waals surface area contributed by atoms with Crippen LogP contribution in [0.15, 0.2) is 24.4 Å². The molecular weight excluding hydrogens is 298 g/mol. The lowest BCUT2D eigenvalue weighted by atomic mass is 10.2. The van der Waals surface area contributed by atoms with Crippen LogP contribution in [-0.2, 0) is 7.05 Å². The fourth-order valence-corrected chi connectivity index (χ4v) is 2.68. The molecule has 20 heavy (non-hydrogen) atoms. The van der Waals surface area contributed by atoms with E-state index < -0.39 is 0 Å². The molecule has 3 aromatic rings. The van der Waals surface area contributed by atoms with Crippen molar-refractivity contribution in [3.8, 4) is 0 Å². The average Bonchev–Trinajstić information content (AvgIpc) is 2.99. The fourth-order valence-electron chi connectivity index (χ4n) is 1.94. The lowest BCUT2D eigenvalue weighted by Gasteiger charge is -2.08. The van der Waals surface area contributed by atoms with Crippen molar-refractivity contribution in [1.82, 2.24) is 13.3 Å². The summed E-state index contributed by atoms with van der Waals surface area (Å²) in [4.78, 5) is 12.3. The van der Waals surface area contributed by atoms with Crippen molar-refractivity contribution in [2.24, 2.45) is 7.05 Å². The van der Waals surface area contributed by atoms with E-state index >= 15 is 0 Å². The molecule has 0 aliphatic heterocycles. The van der Waals surface area contributed by atoms with Crippen molar-refractivity contribution in [3.05, 3.63) is 35.1 Å². The Morgan fingerprint density at radius 3 is 2.95 bits per heavy atom. The van der Waals surface area contributed by atoms with E-state index in [9.17, 15) is 4.79 Å². The molecule has 0 aliphatic rings. The summed E-state index contributed by atoms with van der Waals surface area (Å²) in [6.45, 7) is 0. The van der Waals surface area contributed by atoms with E-state index in [-0.39, 0.29) is 5.91 Å². The molecule has 1 aromatic carbocycles. The Labute approximate surface area is 123 Å². The minimum Gasteiger partial charge on any atom is -0.397 e. The Morgan fingerprint density at radius 2 is 2.25 bits per heavy atom. The number of nitrogen functional groups attached to an aromatic ring is 1. The van der Waals surface area contributed by atoms with Crippen LogP contribution in [0.25, 0.3) is 11.0 Å². The second-order valence-corrected chi connectivity index (χ2v) is 5.21. The van der Waals surface area contributed by atoms with Crippen LogP contribution in [-0.4, -0.2) is 19.2 Å². The molecule has 0 saturated carbocycles. The summed E-state index contributed by atoms with van der Waals surface area (Å²) in [7, 11) is 1.75. The third-order valence-electron chi connectivity index (χ3n) is 2.87. The van der Waals surface area contributed by atoms with Crippen LogP contribution in [0.2, 0.25) is 5.02 Å². The first-order valence-electron chi connectivity index (χ1n) is 5.70. The number of aromatic nitrogens is 3. The topological polar surface area (TPSA) is 85.8 Å². The van der Waals surface area contributed by atoms with Crippen molar-refractivity contribution in [1.29, 1.82) is 0 Å². The number of carbonyl (C=O) groups is 1. The van der Waals surface area contributed by atoms with E-state index in [4.69, 9.17) is 17.3 Å². The molecule has 6 nitrogen and oxygen atoms in total. The zero-order chi connectivity index (χ0) is 14.3. The minimum atomic E-state index is -0.299. The van der Waals surface area contributed by atoms with Gasteiger partial charge in [0.2, 0.25) is 0 Å². The molecule has 0 fully saturated rings. The normalized spacial score (nSPS) is 10.9. The first-order valence-corrected chi connectivity index (χ1v) is 6.81. The van der Waals surface area contributed by atoms with Gasteiger partial charge >= 0.3 is 0 Å². The van der Waals surface area contributed by atoms with Crippen molar-refractivity contribution >= 4 is 51.6 Å². The predicted octanol–water partition coefficient (Wildman–Crippen LogP) is 2.52. The van der Waals surface area contributed by atoms with Crippen molar-refractivity contribution < 1.29 is 4.79 Å². The van der Waals surface area contributed by atoms with Crippen LogP contribution in [0.4, 0.5) is 11.4 Å². The molecule has 1 amide bonds. The third-order valence-corrected chi connectivity index (χ3v) is 3.73. The van der Waals surface area contributed by atoms with Crippen molar-refractivity contribution in [3.63, 3.8) is 0 Å². The maximum Gasteiger partial charge on any atom is 0.272 e. The number of benzene rings is 1. The maximum atomic E-state index is 12.3. The maximum absolute atomic E-state index is 12.3. The molecule has 2 heterocycles. The Bertz CT molecular complexity index is 809. The molecule has 0 bridgehead atoms. The van der Waals surface area contributed by atoms with Gasteiger partial charge in [-0.3, -0.25) is 4.79 Å². The number of hydrogen-bond acceptors (Lipinski definition) is 5. The molecule has 0 aliphatic carbocycles. The summed E-state index contributed by atoms with van der Waals surface area (Å²) < 4.78 is 9.92. The summed E-state index contributed by atoms with van der Waals surface area (Å²) in [5.74, 6) is -0.299. The standard InChI is InChI=1S/C12H10ClN5OS/c1-18-5-6(14)4-9(18)12(19)15-10-7(13)2-3-8-11(10)17-20-16-8/h2-5H,14H2,1H3,(H,15,19). The van der Waals surface area contributed by atoms with Gasteiger partial charge < -0.3 is 15.6 Å². The highest BCUT2D eigenvalue weighted by molar-refractivity contribution is 7.00. The van der Waals surface area contributed by atoms with Gasteiger partial charge in [0.05, 0.1) is 28.1 Å². The molecule has 0 spiro atoms. The van der Waals surface area contributed by atoms with E-state index in [1.165, 1.54) is 0 Å². The third kappa shape index (κ3) is 2.10. The van der Waals surface area contributed by atoms with E-state index in [0.717, 1.165) is 11.7 Å². The van der Waals surface area contributed by atoms with Crippen LogP contribution >= 0.6 is 23.3 Å². The van der Waals surface area contributed by atoms with Gasteiger partial charge in [-0.2, -0.15) is 8.75 Å². The number of carbonyl (C=O) groups excluding carboxylic acids is 1. The van der Waals surface area contributed by atoms with Gasteiger partial charge in [0, 0.05) is 13.2 Å². The second kappa shape index (κ2) is 4.77. The highest BCUT2D eigenvalue weighted by Crippen LogP contribution is 2.30. The summed E-state index contributed by atoms with van der Waals surface area (Å²) in [5.41, 5.74) is 8.37. The van der Waals surface area contributed by atoms with Crippen LogP contribution in [0, 0.1) is 0 Å². The number of fused-ring (bicyclic) bond motifs is 1. The molecule has 8 heteroatoms. The number of rotatable bonds is 2. The molecule has 102 valence electrons. The van der Waals surface area contributed by atoms with Crippen LogP contribution in [0.1, 0.15) is 10.5 Å². The number of halogens is 1. The predicted molar refractivity (Wildman–Crippen MR) is 80.2 cm³/mol. The van der Waals surface area contributed by atoms with Crippen molar-refractivity contribution in [2.45, 2.75) is 0 Å². The Balaban J connectivity index is 2.01. The average molecular weight is 308 g/mol. The number of amides is 1. The van der Waals surface area contributed by atoms with E-state index in [2.05, 4.69) is 14.1 Å². The van der Waals surface area contributed by atoms with E-state index in [1.807, 2.05) is 0 Å². The Hall–Kier alpha value is -2.12. The molecule has 0 unspecified atom stereocenters. The zero-order valence-electron chi connectivity index (χ0n) is 10.4. The summed E-state index contributed by atoms with van der Waals surface area (Å²) >= 11 is 7.20. The summed E-state index contributed by atoms with van der Waals surface area (Å²) in [6.07, 6.45) is 1.67.